The number of methoxy groups -OCH3 is 1. The first-order chi connectivity index (χ1) is 12.5. The Hall–Kier alpha value is -1.63. The minimum atomic E-state index is -4.65. The number of hydrogen-bond acceptors (Lipinski definition) is 4. The first-order valence-corrected chi connectivity index (χ1v) is 9.62. The fourth-order valence-electron chi connectivity index (χ4n) is 3.02. The van der Waals surface area contributed by atoms with Crippen molar-refractivity contribution in [1.82, 2.24) is 0 Å². The van der Waals surface area contributed by atoms with Crippen LogP contribution in [0.4, 0.5) is 0 Å². The first kappa shape index (κ1) is 21.7. The van der Waals surface area contributed by atoms with Crippen molar-refractivity contribution in [2.45, 2.75) is 17.7 Å². The van der Waals surface area contributed by atoms with E-state index in [2.05, 4.69) is 0 Å². The van der Waals surface area contributed by atoms with Crippen molar-refractivity contribution in [1.29, 1.82) is 0 Å². The van der Waals surface area contributed by atoms with Crippen LogP contribution in [0.3, 0.4) is 0 Å². The first-order valence-electron chi connectivity index (χ1n) is 8.21. The van der Waals surface area contributed by atoms with E-state index >= 15 is 0 Å². The molecule has 0 saturated carbocycles. The Morgan fingerprint density at radius 2 is 1.33 bits per heavy atom. The van der Waals surface area contributed by atoms with Gasteiger partial charge < -0.3 is 9.29 Å². The summed E-state index contributed by atoms with van der Waals surface area (Å²) in [6.07, 6.45) is 1.02. The minimum absolute atomic E-state index is 0. The van der Waals surface area contributed by atoms with Crippen molar-refractivity contribution >= 4 is 10.1 Å². The zero-order chi connectivity index (χ0) is 18.6. The summed E-state index contributed by atoms with van der Waals surface area (Å²) in [5, 5.41) is 0. The van der Waals surface area contributed by atoms with E-state index in [4.69, 9.17) is 4.74 Å². The molecule has 4 nitrogen and oxygen atoms in total. The third kappa shape index (κ3) is 5.67. The Labute approximate surface area is 182 Å². The second kappa shape index (κ2) is 9.53. The van der Waals surface area contributed by atoms with Crippen LogP contribution in [0.5, 0.6) is 5.75 Å². The summed E-state index contributed by atoms with van der Waals surface area (Å²) < 4.78 is 40.7. The molecule has 0 aliphatic heterocycles. The monoisotopic (exact) mass is 390 g/mol. The molecule has 3 aromatic rings. The van der Waals surface area contributed by atoms with E-state index in [1.807, 2.05) is 66.7 Å². The molecule has 0 aliphatic carbocycles. The molecule has 0 heterocycles. The van der Waals surface area contributed by atoms with E-state index in [9.17, 15) is 13.0 Å². The summed E-state index contributed by atoms with van der Waals surface area (Å²) in [5.41, 5.74) is 3.49. The molecular formula is C21H19NaO4S. The molecule has 0 fully saturated rings. The molecule has 0 bridgehead atoms. The van der Waals surface area contributed by atoms with E-state index < -0.39 is 10.1 Å². The van der Waals surface area contributed by atoms with Crippen molar-refractivity contribution in [3.63, 3.8) is 0 Å². The summed E-state index contributed by atoms with van der Waals surface area (Å²) in [7, 11) is -3.27. The van der Waals surface area contributed by atoms with Gasteiger partial charge in [-0.1, -0.05) is 66.7 Å². The Morgan fingerprint density at radius 3 is 1.81 bits per heavy atom. The fraction of sp³-hybridized carbons (Fsp3) is 0.143. The predicted molar refractivity (Wildman–Crippen MR) is 99.5 cm³/mol. The Kier molecular flexibility index (Phi) is 7.65. The molecule has 0 atom stereocenters. The van der Waals surface area contributed by atoms with Gasteiger partial charge >= 0.3 is 29.6 Å². The van der Waals surface area contributed by atoms with Crippen LogP contribution in [-0.2, 0) is 23.0 Å². The Morgan fingerprint density at radius 1 is 0.815 bits per heavy atom. The predicted octanol–water partition coefficient (Wildman–Crippen LogP) is 0.785. The van der Waals surface area contributed by atoms with Gasteiger partial charge in [-0.2, -0.15) is 0 Å². The van der Waals surface area contributed by atoms with Crippen LogP contribution in [0.15, 0.2) is 77.7 Å². The van der Waals surface area contributed by atoms with E-state index in [1.54, 1.807) is 0 Å². The standard InChI is InChI=1S/C21H20O4S.Na/c1-25-21-19(13-17-10-6-3-7-11-17)14-18(15-20(21)26(22,23)24)12-16-8-4-2-5-9-16;/h2-11,14-15H,12-13H2,1H3,(H,22,23,24);/q;+1/p-1. The fourth-order valence-corrected chi connectivity index (χ4v) is 3.76. The van der Waals surface area contributed by atoms with Crippen molar-refractivity contribution in [2.75, 3.05) is 7.11 Å². The molecular weight excluding hydrogens is 371 g/mol. The Bertz CT molecular complexity index is 987. The van der Waals surface area contributed by atoms with Crippen molar-refractivity contribution < 1.29 is 47.3 Å². The topological polar surface area (TPSA) is 66.4 Å². The molecule has 0 spiro atoms. The van der Waals surface area contributed by atoms with Crippen LogP contribution >= 0.6 is 0 Å². The number of benzene rings is 3. The van der Waals surface area contributed by atoms with Gasteiger partial charge in [-0.25, -0.2) is 8.42 Å². The van der Waals surface area contributed by atoms with Gasteiger partial charge in [-0.15, -0.1) is 0 Å². The zero-order valence-electron chi connectivity index (χ0n) is 15.4. The van der Waals surface area contributed by atoms with Crippen LogP contribution in [0.25, 0.3) is 0 Å². The number of hydrogen-bond donors (Lipinski definition) is 0. The smallest absolute Gasteiger partial charge is 0.744 e. The molecule has 0 aliphatic rings. The third-order valence-electron chi connectivity index (χ3n) is 4.15. The van der Waals surface area contributed by atoms with E-state index in [0.717, 1.165) is 16.7 Å². The van der Waals surface area contributed by atoms with Gasteiger partial charge in [0.05, 0.1) is 12.0 Å². The summed E-state index contributed by atoms with van der Waals surface area (Å²) in [6, 6.07) is 22.7. The zero-order valence-corrected chi connectivity index (χ0v) is 18.2. The average Bonchev–Trinajstić information content (AvgIpc) is 2.62. The van der Waals surface area contributed by atoms with Crippen LogP contribution in [0, 0.1) is 0 Å². The summed E-state index contributed by atoms with van der Waals surface area (Å²) in [5.74, 6) is 0.126. The second-order valence-corrected chi connectivity index (χ2v) is 7.41. The molecule has 27 heavy (non-hydrogen) atoms. The number of rotatable bonds is 6. The van der Waals surface area contributed by atoms with Crippen molar-refractivity contribution in [3.8, 4) is 5.75 Å². The van der Waals surface area contributed by atoms with Crippen molar-refractivity contribution in [2.24, 2.45) is 0 Å². The normalized spacial score (nSPS) is 10.9. The van der Waals surface area contributed by atoms with E-state index in [-0.39, 0.29) is 40.2 Å². The molecule has 0 unspecified atom stereocenters. The molecule has 0 aromatic heterocycles. The van der Waals surface area contributed by atoms with Crippen LogP contribution in [-0.4, -0.2) is 20.1 Å². The summed E-state index contributed by atoms with van der Waals surface area (Å²) in [6.45, 7) is 0. The van der Waals surface area contributed by atoms with E-state index in [1.165, 1.54) is 13.2 Å². The van der Waals surface area contributed by atoms with Gasteiger partial charge in [0, 0.05) is 12.0 Å². The van der Waals surface area contributed by atoms with Gasteiger partial charge in [0.2, 0.25) is 0 Å². The molecule has 3 rings (SSSR count). The largest absolute Gasteiger partial charge is 1.00 e. The molecule has 0 N–H and O–H groups in total. The molecule has 0 saturated heterocycles. The van der Waals surface area contributed by atoms with Gasteiger partial charge in [-0.3, -0.25) is 0 Å². The van der Waals surface area contributed by atoms with Crippen molar-refractivity contribution in [3.05, 3.63) is 95.1 Å². The number of ether oxygens (including phenoxy) is 1. The molecule has 134 valence electrons. The van der Waals surface area contributed by atoms with Crippen LogP contribution < -0.4 is 34.3 Å². The van der Waals surface area contributed by atoms with Gasteiger partial charge in [0.1, 0.15) is 15.9 Å². The maximum absolute atomic E-state index is 11.8. The second-order valence-electron chi connectivity index (χ2n) is 6.07. The Balaban J connectivity index is 0.00000261. The molecule has 3 aromatic carbocycles. The maximum Gasteiger partial charge on any atom is 1.00 e. The maximum atomic E-state index is 11.8. The van der Waals surface area contributed by atoms with E-state index in [0.29, 0.717) is 18.4 Å². The van der Waals surface area contributed by atoms with Crippen LogP contribution in [0.1, 0.15) is 22.3 Å². The molecule has 6 heteroatoms. The SMILES string of the molecule is COc1c(Cc2ccccc2)cc(Cc2ccccc2)cc1S(=O)(=O)[O-].[Na+]. The van der Waals surface area contributed by atoms with Gasteiger partial charge in [0.15, 0.2) is 0 Å². The minimum Gasteiger partial charge on any atom is -0.744 e. The molecule has 0 amide bonds. The van der Waals surface area contributed by atoms with Gasteiger partial charge in [-0.05, 0) is 29.2 Å². The summed E-state index contributed by atoms with van der Waals surface area (Å²) in [4.78, 5) is -0.306. The summed E-state index contributed by atoms with van der Waals surface area (Å²) >= 11 is 0. The average molecular weight is 390 g/mol. The molecule has 0 radical (unpaired) electrons. The van der Waals surface area contributed by atoms with Crippen LogP contribution in [0.2, 0.25) is 0 Å². The quantitative estimate of drug-likeness (QED) is 0.461. The third-order valence-corrected chi connectivity index (χ3v) is 5.00. The van der Waals surface area contributed by atoms with Gasteiger partial charge in [0.25, 0.3) is 0 Å².